The fraction of sp³-hybridized carbons (Fsp3) is 0.353. The van der Waals surface area contributed by atoms with Gasteiger partial charge >= 0.3 is 0 Å². The number of aliphatic hydroxyl groups excluding tert-OH is 1. The number of amides is 1. The van der Waals surface area contributed by atoms with Crippen molar-refractivity contribution in [2.45, 2.75) is 31.2 Å². The normalized spacial score (nSPS) is 16.6. The molecule has 3 heteroatoms. The van der Waals surface area contributed by atoms with Gasteiger partial charge in [-0.05, 0) is 35.6 Å². The molecule has 104 valence electrons. The summed E-state index contributed by atoms with van der Waals surface area (Å²) in [5, 5.41) is 14.7. The van der Waals surface area contributed by atoms with Crippen LogP contribution < -0.4 is 5.32 Å². The van der Waals surface area contributed by atoms with E-state index in [1.54, 1.807) is 0 Å². The highest BCUT2D eigenvalue weighted by molar-refractivity contribution is 5.85. The number of rotatable bonds is 4. The van der Waals surface area contributed by atoms with Gasteiger partial charge in [-0.3, -0.25) is 4.79 Å². The Labute approximate surface area is 118 Å². The molecule has 1 aliphatic carbocycles. The van der Waals surface area contributed by atoms with Gasteiger partial charge in [-0.25, -0.2) is 0 Å². The molecule has 1 amide bonds. The lowest BCUT2D eigenvalue weighted by Crippen LogP contribution is -2.56. The molecule has 0 radical (unpaired) electrons. The lowest BCUT2D eigenvalue weighted by atomic mass is 9.77. The highest BCUT2D eigenvalue weighted by Crippen LogP contribution is 2.31. The first kappa shape index (κ1) is 13.1. The number of aliphatic hydroxyl groups is 1. The number of carbonyl (C=O) groups is 1. The van der Waals surface area contributed by atoms with Crippen LogP contribution in [-0.4, -0.2) is 23.2 Å². The van der Waals surface area contributed by atoms with Crippen molar-refractivity contribution < 1.29 is 9.90 Å². The molecule has 0 spiro atoms. The van der Waals surface area contributed by atoms with E-state index in [1.807, 2.05) is 24.3 Å². The van der Waals surface area contributed by atoms with Crippen molar-refractivity contribution in [2.75, 3.05) is 6.61 Å². The molecule has 0 atom stereocenters. The largest absolute Gasteiger partial charge is 0.394 e. The van der Waals surface area contributed by atoms with Crippen LogP contribution in [0, 0.1) is 0 Å². The third kappa shape index (κ3) is 2.54. The van der Waals surface area contributed by atoms with E-state index in [2.05, 4.69) is 23.5 Å². The first-order chi connectivity index (χ1) is 9.71. The standard InChI is InChI=1S/C17H19NO2/c19-12-17(8-3-9-17)18-16(20)11-13-6-7-14-4-1-2-5-15(14)10-13/h1-2,4-7,10,19H,3,8-9,11-12H2,(H,18,20). The van der Waals surface area contributed by atoms with E-state index in [-0.39, 0.29) is 18.1 Å². The first-order valence-electron chi connectivity index (χ1n) is 7.10. The van der Waals surface area contributed by atoms with Gasteiger partial charge in [-0.1, -0.05) is 42.5 Å². The molecule has 3 nitrogen and oxygen atoms in total. The zero-order chi connectivity index (χ0) is 14.0. The fourth-order valence-electron chi connectivity index (χ4n) is 2.80. The second kappa shape index (κ2) is 5.25. The van der Waals surface area contributed by atoms with Gasteiger partial charge in [0.15, 0.2) is 0 Å². The minimum atomic E-state index is -0.353. The summed E-state index contributed by atoms with van der Waals surface area (Å²) in [6, 6.07) is 14.2. The Bertz CT molecular complexity index is 626. The molecule has 0 bridgehead atoms. The van der Waals surface area contributed by atoms with Crippen LogP contribution in [-0.2, 0) is 11.2 Å². The van der Waals surface area contributed by atoms with Crippen LogP contribution in [0.3, 0.4) is 0 Å². The topological polar surface area (TPSA) is 49.3 Å². The molecule has 0 saturated heterocycles. The maximum absolute atomic E-state index is 12.1. The van der Waals surface area contributed by atoms with E-state index < -0.39 is 0 Å². The number of fused-ring (bicyclic) bond motifs is 1. The van der Waals surface area contributed by atoms with Crippen LogP contribution in [0.4, 0.5) is 0 Å². The minimum absolute atomic E-state index is 0.00553. The van der Waals surface area contributed by atoms with Crippen molar-refractivity contribution in [3.8, 4) is 0 Å². The van der Waals surface area contributed by atoms with Gasteiger partial charge in [0, 0.05) is 0 Å². The highest BCUT2D eigenvalue weighted by Gasteiger charge is 2.37. The molecule has 2 aromatic carbocycles. The summed E-state index contributed by atoms with van der Waals surface area (Å²) >= 11 is 0. The molecule has 1 saturated carbocycles. The summed E-state index contributed by atoms with van der Waals surface area (Å²) < 4.78 is 0. The third-order valence-corrected chi connectivity index (χ3v) is 4.20. The quantitative estimate of drug-likeness (QED) is 0.895. The van der Waals surface area contributed by atoms with Crippen LogP contribution in [0.2, 0.25) is 0 Å². The van der Waals surface area contributed by atoms with Gasteiger partial charge in [0.2, 0.25) is 5.91 Å². The Morgan fingerprint density at radius 1 is 1.15 bits per heavy atom. The average Bonchev–Trinajstić information content (AvgIpc) is 2.43. The molecule has 0 unspecified atom stereocenters. The first-order valence-corrected chi connectivity index (χ1v) is 7.10. The Hall–Kier alpha value is -1.87. The van der Waals surface area contributed by atoms with Crippen LogP contribution >= 0.6 is 0 Å². The minimum Gasteiger partial charge on any atom is -0.394 e. The van der Waals surface area contributed by atoms with E-state index in [1.165, 1.54) is 5.39 Å². The molecule has 1 aliphatic rings. The smallest absolute Gasteiger partial charge is 0.224 e. The number of hydrogen-bond acceptors (Lipinski definition) is 2. The fourth-order valence-corrected chi connectivity index (χ4v) is 2.80. The number of hydrogen-bond donors (Lipinski definition) is 2. The lowest BCUT2D eigenvalue weighted by Gasteiger charge is -2.41. The van der Waals surface area contributed by atoms with E-state index in [9.17, 15) is 9.90 Å². The molecule has 2 aromatic rings. The van der Waals surface area contributed by atoms with E-state index >= 15 is 0 Å². The van der Waals surface area contributed by atoms with Crippen molar-refractivity contribution >= 4 is 16.7 Å². The summed E-state index contributed by atoms with van der Waals surface area (Å²) in [6.45, 7) is 0.0382. The number of carbonyl (C=O) groups excluding carboxylic acids is 1. The average molecular weight is 269 g/mol. The summed E-state index contributed by atoms with van der Waals surface area (Å²) in [6.07, 6.45) is 3.21. The van der Waals surface area contributed by atoms with Crippen LogP contribution in [0.5, 0.6) is 0 Å². The molecule has 1 fully saturated rings. The Morgan fingerprint density at radius 3 is 2.55 bits per heavy atom. The maximum atomic E-state index is 12.1. The number of benzene rings is 2. The Morgan fingerprint density at radius 2 is 1.90 bits per heavy atom. The molecule has 0 aromatic heterocycles. The van der Waals surface area contributed by atoms with E-state index in [4.69, 9.17) is 0 Å². The zero-order valence-electron chi connectivity index (χ0n) is 11.4. The molecular weight excluding hydrogens is 250 g/mol. The molecule has 20 heavy (non-hydrogen) atoms. The summed E-state index contributed by atoms with van der Waals surface area (Å²) in [4.78, 5) is 12.1. The van der Waals surface area contributed by atoms with Crippen molar-refractivity contribution in [2.24, 2.45) is 0 Å². The van der Waals surface area contributed by atoms with Gasteiger partial charge in [0.1, 0.15) is 0 Å². The summed E-state index contributed by atoms with van der Waals surface area (Å²) in [5.74, 6) is -0.00553. The second-order valence-electron chi connectivity index (χ2n) is 5.70. The monoisotopic (exact) mass is 269 g/mol. The van der Waals surface area contributed by atoms with Crippen molar-refractivity contribution in [1.82, 2.24) is 5.32 Å². The third-order valence-electron chi connectivity index (χ3n) is 4.20. The van der Waals surface area contributed by atoms with Gasteiger partial charge in [-0.2, -0.15) is 0 Å². The van der Waals surface area contributed by atoms with E-state index in [0.29, 0.717) is 6.42 Å². The second-order valence-corrected chi connectivity index (χ2v) is 5.70. The molecule has 0 aliphatic heterocycles. The summed E-state index contributed by atoms with van der Waals surface area (Å²) in [7, 11) is 0. The van der Waals surface area contributed by atoms with Gasteiger partial charge in [0.05, 0.1) is 18.6 Å². The van der Waals surface area contributed by atoms with Crippen LogP contribution in [0.1, 0.15) is 24.8 Å². The summed E-state index contributed by atoms with van der Waals surface area (Å²) in [5.41, 5.74) is 0.655. The van der Waals surface area contributed by atoms with Crippen molar-refractivity contribution in [3.05, 3.63) is 48.0 Å². The van der Waals surface area contributed by atoms with Gasteiger partial charge in [0.25, 0.3) is 0 Å². The molecule has 0 heterocycles. The molecule has 2 N–H and O–H groups in total. The molecule has 3 rings (SSSR count). The van der Waals surface area contributed by atoms with Crippen LogP contribution in [0.15, 0.2) is 42.5 Å². The predicted octanol–water partition coefficient (Wildman–Crippen LogP) is 2.41. The van der Waals surface area contributed by atoms with Gasteiger partial charge < -0.3 is 10.4 Å². The van der Waals surface area contributed by atoms with Gasteiger partial charge in [-0.15, -0.1) is 0 Å². The van der Waals surface area contributed by atoms with Crippen molar-refractivity contribution in [3.63, 3.8) is 0 Å². The Kier molecular flexibility index (Phi) is 3.45. The predicted molar refractivity (Wildman–Crippen MR) is 79.5 cm³/mol. The highest BCUT2D eigenvalue weighted by atomic mass is 16.3. The number of nitrogens with one attached hydrogen (secondary N) is 1. The SMILES string of the molecule is O=C(Cc1ccc2ccccc2c1)NC1(CO)CCC1. The maximum Gasteiger partial charge on any atom is 0.224 e. The van der Waals surface area contributed by atoms with Crippen molar-refractivity contribution in [1.29, 1.82) is 0 Å². The molecular formula is C17H19NO2. The lowest BCUT2D eigenvalue weighted by molar-refractivity contribution is -0.124. The zero-order valence-corrected chi connectivity index (χ0v) is 11.4. The van der Waals surface area contributed by atoms with Crippen LogP contribution in [0.25, 0.3) is 10.8 Å². The Balaban J connectivity index is 1.71. The van der Waals surface area contributed by atoms with E-state index in [0.717, 1.165) is 30.2 Å².